The zero-order valence-electron chi connectivity index (χ0n) is 10.5. The third-order valence-electron chi connectivity index (χ3n) is 4.26. The third-order valence-corrected chi connectivity index (χ3v) is 4.75. The molecule has 2 atom stereocenters. The van der Waals surface area contributed by atoms with Crippen molar-refractivity contribution in [2.45, 2.75) is 50.2 Å². The Morgan fingerprint density at radius 3 is 2.68 bits per heavy atom. The van der Waals surface area contributed by atoms with Gasteiger partial charge in [-0.2, -0.15) is 0 Å². The van der Waals surface area contributed by atoms with Gasteiger partial charge in [0.1, 0.15) is 5.75 Å². The molecule has 0 aliphatic carbocycles. The van der Waals surface area contributed by atoms with E-state index in [2.05, 4.69) is 27.3 Å². The number of rotatable bonds is 0. The molecule has 2 saturated heterocycles. The van der Waals surface area contributed by atoms with Gasteiger partial charge in [-0.25, -0.2) is 0 Å². The largest absolute Gasteiger partial charge is 0.462 e. The predicted octanol–water partition coefficient (Wildman–Crippen LogP) is 3.39. The fourth-order valence-corrected chi connectivity index (χ4v) is 3.87. The normalized spacial score (nSPS) is 35.4. The number of ether oxygens (including phenoxy) is 2. The first-order valence-electron chi connectivity index (χ1n) is 6.60. The van der Waals surface area contributed by atoms with E-state index in [0.29, 0.717) is 18.7 Å². The number of hydrogen-bond acceptors (Lipinski definition) is 3. The predicted molar refractivity (Wildman–Crippen MR) is 78.7 cm³/mol. The molecule has 1 aromatic carbocycles. The monoisotopic (exact) mass is 345 g/mol. The Hall–Kier alpha value is -0.290. The lowest BCUT2D eigenvalue weighted by atomic mass is 9.97. The Bertz CT molecular complexity index is 484. The van der Waals surface area contributed by atoms with Crippen LogP contribution in [0.4, 0.5) is 0 Å². The van der Waals surface area contributed by atoms with Gasteiger partial charge < -0.3 is 14.8 Å². The van der Waals surface area contributed by atoms with Crippen LogP contribution in [0.1, 0.15) is 31.2 Å². The standard InChI is InChI=1S/C14H16BrNO2.ClH/c15-10-1-4-13-9(5-10)8-17-14(18-13)6-11-2-3-12(7-14)16-11;/h1,4-5,11-12,16H,2-3,6-8H2;1H. The van der Waals surface area contributed by atoms with E-state index in [1.165, 1.54) is 12.8 Å². The lowest BCUT2D eigenvalue weighted by Crippen LogP contribution is -2.54. The van der Waals surface area contributed by atoms with E-state index >= 15 is 0 Å². The van der Waals surface area contributed by atoms with E-state index < -0.39 is 0 Å². The van der Waals surface area contributed by atoms with Crippen LogP contribution >= 0.6 is 28.3 Å². The SMILES string of the molecule is Brc1ccc2c(c1)COC1(CC3CCC(C1)N3)O2.Cl. The summed E-state index contributed by atoms with van der Waals surface area (Å²) in [5.74, 6) is 0.614. The smallest absolute Gasteiger partial charge is 0.213 e. The highest BCUT2D eigenvalue weighted by Crippen LogP contribution is 2.42. The molecule has 4 rings (SSSR count). The van der Waals surface area contributed by atoms with Gasteiger partial charge in [0.15, 0.2) is 0 Å². The summed E-state index contributed by atoms with van der Waals surface area (Å²) >= 11 is 3.49. The van der Waals surface area contributed by atoms with Crippen molar-refractivity contribution in [2.24, 2.45) is 0 Å². The second-order valence-electron chi connectivity index (χ2n) is 5.60. The lowest BCUT2D eigenvalue weighted by Gasteiger charge is -2.43. The fourth-order valence-electron chi connectivity index (χ4n) is 3.46. The summed E-state index contributed by atoms with van der Waals surface area (Å²) in [5.41, 5.74) is 1.14. The number of nitrogens with one attached hydrogen (secondary N) is 1. The molecule has 0 amide bonds. The van der Waals surface area contributed by atoms with Crippen molar-refractivity contribution >= 4 is 28.3 Å². The molecule has 104 valence electrons. The summed E-state index contributed by atoms with van der Waals surface area (Å²) in [4.78, 5) is 0. The number of piperidine rings is 1. The average Bonchev–Trinajstić information content (AvgIpc) is 2.70. The highest BCUT2D eigenvalue weighted by molar-refractivity contribution is 9.10. The van der Waals surface area contributed by atoms with Crippen molar-refractivity contribution < 1.29 is 9.47 Å². The number of halogens is 2. The van der Waals surface area contributed by atoms with Crippen LogP contribution in [-0.4, -0.2) is 17.9 Å². The first kappa shape index (κ1) is 13.7. The fraction of sp³-hybridized carbons (Fsp3) is 0.571. The summed E-state index contributed by atoms with van der Waals surface area (Å²) in [5, 5.41) is 3.63. The van der Waals surface area contributed by atoms with Crippen molar-refractivity contribution in [3.05, 3.63) is 28.2 Å². The molecule has 3 aliphatic heterocycles. The minimum atomic E-state index is -0.377. The average molecular weight is 347 g/mol. The molecule has 3 nitrogen and oxygen atoms in total. The van der Waals surface area contributed by atoms with Gasteiger partial charge >= 0.3 is 0 Å². The molecule has 0 radical (unpaired) electrons. The zero-order valence-corrected chi connectivity index (χ0v) is 12.9. The summed E-state index contributed by atoms with van der Waals surface area (Å²) < 4.78 is 13.4. The van der Waals surface area contributed by atoms with Crippen molar-refractivity contribution in [3.63, 3.8) is 0 Å². The van der Waals surface area contributed by atoms with Crippen LogP contribution < -0.4 is 10.1 Å². The van der Waals surface area contributed by atoms with Gasteiger partial charge in [0.25, 0.3) is 0 Å². The Labute approximate surface area is 127 Å². The minimum absolute atomic E-state index is 0. The highest BCUT2D eigenvalue weighted by atomic mass is 79.9. The van der Waals surface area contributed by atoms with Gasteiger partial charge in [0, 0.05) is 35.0 Å². The van der Waals surface area contributed by atoms with Gasteiger partial charge in [-0.3, -0.25) is 0 Å². The van der Waals surface area contributed by atoms with Crippen LogP contribution in [0.5, 0.6) is 5.75 Å². The first-order valence-corrected chi connectivity index (χ1v) is 7.39. The highest BCUT2D eigenvalue weighted by Gasteiger charge is 2.48. The van der Waals surface area contributed by atoms with E-state index in [1.807, 2.05) is 12.1 Å². The molecule has 1 spiro atoms. The topological polar surface area (TPSA) is 30.5 Å². The lowest BCUT2D eigenvalue weighted by molar-refractivity contribution is -0.225. The molecule has 3 heterocycles. The minimum Gasteiger partial charge on any atom is -0.462 e. The molecule has 2 bridgehead atoms. The summed E-state index contributed by atoms with van der Waals surface area (Å²) in [6.07, 6.45) is 4.46. The molecule has 3 aliphatic rings. The maximum atomic E-state index is 6.21. The molecule has 1 aromatic rings. The summed E-state index contributed by atoms with van der Waals surface area (Å²) in [6, 6.07) is 7.31. The van der Waals surface area contributed by atoms with Crippen LogP contribution in [0.2, 0.25) is 0 Å². The van der Waals surface area contributed by atoms with Crippen LogP contribution in [0, 0.1) is 0 Å². The Balaban J connectivity index is 0.00000110. The molecule has 19 heavy (non-hydrogen) atoms. The van der Waals surface area contributed by atoms with E-state index in [1.54, 1.807) is 0 Å². The van der Waals surface area contributed by atoms with E-state index in [4.69, 9.17) is 9.47 Å². The Morgan fingerprint density at radius 1 is 1.21 bits per heavy atom. The zero-order chi connectivity index (χ0) is 12.2. The molecule has 2 unspecified atom stereocenters. The van der Waals surface area contributed by atoms with Crippen molar-refractivity contribution in [3.8, 4) is 5.75 Å². The van der Waals surface area contributed by atoms with Crippen LogP contribution in [0.15, 0.2) is 22.7 Å². The quantitative estimate of drug-likeness (QED) is 0.781. The number of hydrogen-bond donors (Lipinski definition) is 1. The van der Waals surface area contributed by atoms with Crippen LogP contribution in [0.3, 0.4) is 0 Å². The van der Waals surface area contributed by atoms with Crippen LogP contribution in [-0.2, 0) is 11.3 Å². The summed E-state index contributed by atoms with van der Waals surface area (Å²) in [6.45, 7) is 0.661. The Morgan fingerprint density at radius 2 is 1.95 bits per heavy atom. The van der Waals surface area contributed by atoms with Crippen molar-refractivity contribution in [1.82, 2.24) is 5.32 Å². The van der Waals surface area contributed by atoms with E-state index in [9.17, 15) is 0 Å². The first-order chi connectivity index (χ1) is 8.72. The molecule has 0 aromatic heterocycles. The molecule has 1 N–H and O–H groups in total. The Kier molecular flexibility index (Phi) is 3.54. The maximum absolute atomic E-state index is 6.21. The van der Waals surface area contributed by atoms with Gasteiger partial charge in [-0.05, 0) is 31.0 Å². The molecule has 2 fully saturated rings. The maximum Gasteiger partial charge on any atom is 0.213 e. The molecule has 5 heteroatoms. The van der Waals surface area contributed by atoms with Crippen LogP contribution in [0.25, 0.3) is 0 Å². The molecular weight excluding hydrogens is 330 g/mol. The number of benzene rings is 1. The summed E-state index contributed by atoms with van der Waals surface area (Å²) in [7, 11) is 0. The van der Waals surface area contributed by atoms with Crippen molar-refractivity contribution in [2.75, 3.05) is 0 Å². The third kappa shape index (κ3) is 2.40. The molecule has 0 saturated carbocycles. The molecular formula is C14H17BrClNO2. The van der Waals surface area contributed by atoms with Gasteiger partial charge in [0.2, 0.25) is 5.79 Å². The van der Waals surface area contributed by atoms with E-state index in [-0.39, 0.29) is 18.2 Å². The van der Waals surface area contributed by atoms with Crippen molar-refractivity contribution in [1.29, 1.82) is 0 Å². The van der Waals surface area contributed by atoms with Gasteiger partial charge in [-0.15, -0.1) is 12.4 Å². The second kappa shape index (κ2) is 4.92. The van der Waals surface area contributed by atoms with Gasteiger partial charge in [0.05, 0.1) is 6.61 Å². The van der Waals surface area contributed by atoms with E-state index in [0.717, 1.165) is 28.6 Å². The number of fused-ring (bicyclic) bond motifs is 3. The second-order valence-corrected chi connectivity index (χ2v) is 6.52. The van der Waals surface area contributed by atoms with Gasteiger partial charge in [-0.1, -0.05) is 15.9 Å².